The summed E-state index contributed by atoms with van der Waals surface area (Å²) in [6.07, 6.45) is 4.18. The van der Waals surface area contributed by atoms with Crippen molar-refractivity contribution in [1.82, 2.24) is 0 Å². The van der Waals surface area contributed by atoms with E-state index in [1.807, 2.05) is 54.6 Å². The fraction of sp³-hybridized carbons (Fsp3) is 0.200. The first-order valence-corrected chi connectivity index (χ1v) is 7.62. The Hall–Kier alpha value is -2.88. The van der Waals surface area contributed by atoms with E-state index in [1.54, 1.807) is 12.1 Å². The summed E-state index contributed by atoms with van der Waals surface area (Å²) in [5.74, 6) is -0.801. The zero-order valence-corrected chi connectivity index (χ0v) is 13.8. The largest absolute Gasteiger partial charge is 0.469 e. The van der Waals surface area contributed by atoms with Crippen molar-refractivity contribution in [1.29, 1.82) is 0 Å². The smallest absolute Gasteiger partial charge is 0.337 e. The molecule has 0 radical (unpaired) electrons. The average Bonchev–Trinajstić information content (AvgIpc) is 2.65. The van der Waals surface area contributed by atoms with Gasteiger partial charge in [0.15, 0.2) is 0 Å². The van der Waals surface area contributed by atoms with Crippen LogP contribution in [0.25, 0.3) is 6.08 Å². The number of ether oxygens (including phenoxy) is 2. The molecule has 2 aromatic carbocycles. The lowest BCUT2D eigenvalue weighted by atomic mass is 9.93. The van der Waals surface area contributed by atoms with Crippen molar-refractivity contribution in [3.63, 3.8) is 0 Å². The van der Waals surface area contributed by atoms with E-state index in [0.717, 1.165) is 11.1 Å². The Morgan fingerprint density at radius 1 is 0.958 bits per heavy atom. The Labute approximate surface area is 141 Å². The van der Waals surface area contributed by atoms with Gasteiger partial charge in [0, 0.05) is 5.92 Å². The van der Waals surface area contributed by atoms with Crippen LogP contribution in [0.4, 0.5) is 0 Å². The summed E-state index contributed by atoms with van der Waals surface area (Å²) >= 11 is 0. The minimum atomic E-state index is -0.383. The summed E-state index contributed by atoms with van der Waals surface area (Å²) in [4.78, 5) is 23.2. The van der Waals surface area contributed by atoms with Gasteiger partial charge in [0.2, 0.25) is 0 Å². The number of hydrogen-bond donors (Lipinski definition) is 0. The van der Waals surface area contributed by atoms with E-state index >= 15 is 0 Å². The van der Waals surface area contributed by atoms with E-state index in [1.165, 1.54) is 14.2 Å². The van der Waals surface area contributed by atoms with Crippen molar-refractivity contribution in [2.75, 3.05) is 14.2 Å². The summed E-state index contributed by atoms with van der Waals surface area (Å²) in [6, 6.07) is 16.9. The predicted molar refractivity (Wildman–Crippen MR) is 92.6 cm³/mol. The lowest BCUT2D eigenvalue weighted by Crippen LogP contribution is -2.08. The van der Waals surface area contributed by atoms with Crippen molar-refractivity contribution >= 4 is 18.0 Å². The van der Waals surface area contributed by atoms with Crippen LogP contribution in [-0.2, 0) is 14.3 Å². The van der Waals surface area contributed by atoms with Crippen LogP contribution in [0.1, 0.15) is 33.8 Å². The third-order valence-corrected chi connectivity index (χ3v) is 3.69. The van der Waals surface area contributed by atoms with Crippen LogP contribution >= 0.6 is 0 Å². The third kappa shape index (κ3) is 4.81. The highest BCUT2D eigenvalue weighted by atomic mass is 16.5. The van der Waals surface area contributed by atoms with Crippen LogP contribution in [0, 0.1) is 0 Å². The second kappa shape index (κ2) is 8.67. The topological polar surface area (TPSA) is 52.6 Å². The quantitative estimate of drug-likeness (QED) is 0.758. The molecule has 0 heterocycles. The number of rotatable bonds is 6. The molecule has 4 heteroatoms. The van der Waals surface area contributed by atoms with Crippen molar-refractivity contribution in [3.8, 4) is 0 Å². The second-order valence-electron chi connectivity index (χ2n) is 5.27. The van der Waals surface area contributed by atoms with E-state index in [9.17, 15) is 9.59 Å². The molecule has 0 fully saturated rings. The zero-order valence-electron chi connectivity index (χ0n) is 13.8. The normalized spacial score (nSPS) is 11.9. The monoisotopic (exact) mass is 324 g/mol. The fourth-order valence-electron chi connectivity index (χ4n) is 2.34. The maximum atomic E-state index is 11.7. The van der Waals surface area contributed by atoms with Crippen molar-refractivity contribution in [2.24, 2.45) is 0 Å². The van der Waals surface area contributed by atoms with Gasteiger partial charge in [-0.05, 0) is 23.3 Å². The molecule has 0 spiro atoms. The first-order valence-electron chi connectivity index (χ1n) is 7.62. The van der Waals surface area contributed by atoms with E-state index in [0.29, 0.717) is 5.56 Å². The van der Waals surface area contributed by atoms with E-state index in [2.05, 4.69) is 0 Å². The highest BCUT2D eigenvalue weighted by Gasteiger charge is 2.15. The zero-order chi connectivity index (χ0) is 17.4. The van der Waals surface area contributed by atoms with E-state index in [4.69, 9.17) is 9.47 Å². The number of allylic oxidation sites excluding steroid dienone is 1. The Morgan fingerprint density at radius 2 is 1.62 bits per heavy atom. The summed E-state index contributed by atoms with van der Waals surface area (Å²) in [7, 11) is 2.72. The Bertz CT molecular complexity index is 702. The number of carbonyl (C=O) groups is 2. The van der Waals surface area contributed by atoms with Crippen LogP contribution < -0.4 is 0 Å². The van der Waals surface area contributed by atoms with Crippen LogP contribution in [0.3, 0.4) is 0 Å². The van der Waals surface area contributed by atoms with Gasteiger partial charge >= 0.3 is 11.9 Å². The molecule has 24 heavy (non-hydrogen) atoms. The second-order valence-corrected chi connectivity index (χ2v) is 5.27. The van der Waals surface area contributed by atoms with E-state index < -0.39 is 0 Å². The highest BCUT2D eigenvalue weighted by molar-refractivity contribution is 5.89. The van der Waals surface area contributed by atoms with Gasteiger partial charge in [-0.15, -0.1) is 0 Å². The average molecular weight is 324 g/mol. The van der Waals surface area contributed by atoms with Crippen molar-refractivity contribution in [2.45, 2.75) is 12.3 Å². The molecule has 0 aromatic heterocycles. The van der Waals surface area contributed by atoms with Gasteiger partial charge in [-0.2, -0.15) is 0 Å². The molecular formula is C20H20O4. The number of benzene rings is 2. The lowest BCUT2D eigenvalue weighted by Gasteiger charge is -2.12. The van der Waals surface area contributed by atoms with Gasteiger partial charge in [-0.25, -0.2) is 4.79 Å². The van der Waals surface area contributed by atoms with Gasteiger partial charge in [0.1, 0.15) is 0 Å². The van der Waals surface area contributed by atoms with Crippen molar-refractivity contribution < 1.29 is 19.1 Å². The number of carbonyl (C=O) groups excluding carboxylic acids is 2. The van der Waals surface area contributed by atoms with Crippen LogP contribution in [-0.4, -0.2) is 26.2 Å². The van der Waals surface area contributed by atoms with Gasteiger partial charge in [0.25, 0.3) is 0 Å². The lowest BCUT2D eigenvalue weighted by molar-refractivity contribution is -0.140. The fourth-order valence-corrected chi connectivity index (χ4v) is 2.34. The van der Waals surface area contributed by atoms with Crippen molar-refractivity contribution in [3.05, 3.63) is 77.4 Å². The number of esters is 2. The van der Waals surface area contributed by atoms with Gasteiger partial charge < -0.3 is 9.47 Å². The molecule has 1 atom stereocenters. The summed E-state index contributed by atoms with van der Waals surface area (Å²) in [5.41, 5.74) is 2.46. The summed E-state index contributed by atoms with van der Waals surface area (Å²) in [5, 5.41) is 0. The first-order chi connectivity index (χ1) is 11.6. The molecule has 0 amide bonds. The maximum Gasteiger partial charge on any atom is 0.337 e. The minimum absolute atomic E-state index is 0.135. The molecule has 1 unspecified atom stereocenters. The molecule has 124 valence electrons. The predicted octanol–water partition coefficient (Wildman–Crippen LogP) is 3.83. The van der Waals surface area contributed by atoms with Gasteiger partial charge in [0.05, 0.1) is 26.2 Å². The standard InChI is InChI=1S/C20H20O4/c1-23-19(21)14-18(9-8-15-6-4-3-5-7-15)16-10-12-17(13-11-16)20(22)24-2/h3-13,18H,14H2,1-2H3/b9-8+. The molecule has 0 aliphatic carbocycles. The first kappa shape index (κ1) is 17.5. The molecule has 2 aromatic rings. The molecule has 4 nitrogen and oxygen atoms in total. The number of methoxy groups -OCH3 is 2. The molecule has 0 aliphatic heterocycles. The molecule has 0 saturated heterocycles. The highest BCUT2D eigenvalue weighted by Crippen LogP contribution is 2.24. The summed E-state index contributed by atoms with van der Waals surface area (Å²) < 4.78 is 9.48. The molecule has 0 aliphatic rings. The maximum absolute atomic E-state index is 11.7. The Morgan fingerprint density at radius 3 is 2.21 bits per heavy atom. The minimum Gasteiger partial charge on any atom is -0.469 e. The Balaban J connectivity index is 2.23. The van der Waals surface area contributed by atoms with Crippen LogP contribution in [0.5, 0.6) is 0 Å². The van der Waals surface area contributed by atoms with Crippen LogP contribution in [0.2, 0.25) is 0 Å². The SMILES string of the molecule is COC(=O)CC(/C=C/c1ccccc1)c1ccc(C(=O)OC)cc1. The molecule has 0 N–H and O–H groups in total. The molecule has 0 bridgehead atoms. The van der Waals surface area contributed by atoms with Gasteiger partial charge in [-0.1, -0.05) is 54.6 Å². The van der Waals surface area contributed by atoms with Crippen LogP contribution in [0.15, 0.2) is 60.7 Å². The molecule has 0 saturated carbocycles. The van der Waals surface area contributed by atoms with E-state index in [-0.39, 0.29) is 24.3 Å². The summed E-state index contributed by atoms with van der Waals surface area (Å²) in [6.45, 7) is 0. The molecular weight excluding hydrogens is 304 g/mol. The molecule has 2 rings (SSSR count). The Kier molecular flexibility index (Phi) is 6.32. The van der Waals surface area contributed by atoms with Gasteiger partial charge in [-0.3, -0.25) is 4.79 Å². The number of hydrogen-bond acceptors (Lipinski definition) is 4. The third-order valence-electron chi connectivity index (χ3n) is 3.69.